The largest absolute Gasteiger partial charge is 0.399 e. The van der Waals surface area contributed by atoms with Gasteiger partial charge in [-0.15, -0.1) is 0 Å². The van der Waals surface area contributed by atoms with E-state index in [9.17, 15) is 0 Å². The van der Waals surface area contributed by atoms with Crippen molar-refractivity contribution in [1.29, 1.82) is 0 Å². The van der Waals surface area contributed by atoms with Crippen molar-refractivity contribution in [3.05, 3.63) is 34.2 Å². The number of rotatable bonds is 0. The van der Waals surface area contributed by atoms with E-state index in [4.69, 9.17) is 5.73 Å². The molecule has 54 valence electrons. The SMILES string of the molecule is Nc1ccc2c(c1)CC[N+]#C2. The van der Waals surface area contributed by atoms with E-state index < -0.39 is 0 Å². The Bertz CT molecular complexity index is 344. The van der Waals surface area contributed by atoms with Crippen LogP contribution in [-0.2, 0) is 6.42 Å². The molecule has 1 heterocycles. The first-order valence-electron chi connectivity index (χ1n) is 3.67. The lowest BCUT2D eigenvalue weighted by Crippen LogP contribution is -1.98. The lowest BCUT2D eigenvalue weighted by molar-refractivity contribution is 1.06. The number of hydrogen-bond donors (Lipinski definition) is 1. The first-order valence-corrected chi connectivity index (χ1v) is 3.67. The molecule has 0 unspecified atom stereocenters. The highest BCUT2D eigenvalue weighted by molar-refractivity contribution is 5.51. The summed E-state index contributed by atoms with van der Waals surface area (Å²) in [6.45, 7) is 0.844. The maximum Gasteiger partial charge on any atom is 0.311 e. The number of nitrogens with zero attached hydrogens (tertiary/aromatic N) is 1. The van der Waals surface area contributed by atoms with Crippen LogP contribution in [0.1, 0.15) is 11.1 Å². The van der Waals surface area contributed by atoms with Crippen LogP contribution in [-0.4, -0.2) is 6.54 Å². The molecule has 1 aliphatic heterocycles. The second kappa shape index (κ2) is 2.28. The van der Waals surface area contributed by atoms with Crippen molar-refractivity contribution >= 4 is 5.69 Å². The maximum atomic E-state index is 5.62. The van der Waals surface area contributed by atoms with E-state index in [1.54, 1.807) is 0 Å². The van der Waals surface area contributed by atoms with E-state index in [1.807, 2.05) is 18.2 Å². The average molecular weight is 145 g/mol. The minimum atomic E-state index is 0.826. The molecule has 2 N–H and O–H groups in total. The van der Waals surface area contributed by atoms with Gasteiger partial charge >= 0.3 is 6.07 Å². The van der Waals surface area contributed by atoms with Crippen LogP contribution in [0.4, 0.5) is 5.69 Å². The van der Waals surface area contributed by atoms with Crippen LogP contribution in [0.5, 0.6) is 0 Å². The Hall–Kier alpha value is -1.49. The molecule has 1 aromatic rings. The molecule has 0 radical (unpaired) electrons. The monoisotopic (exact) mass is 145 g/mol. The number of fused-ring (bicyclic) bond motifs is 1. The predicted molar refractivity (Wildman–Crippen MR) is 45.8 cm³/mol. The molecule has 0 saturated heterocycles. The molecule has 1 aliphatic rings. The maximum absolute atomic E-state index is 5.62. The van der Waals surface area contributed by atoms with Crippen molar-refractivity contribution in [1.82, 2.24) is 0 Å². The molecular formula is C9H9N2+. The lowest BCUT2D eigenvalue weighted by Gasteiger charge is -2.00. The second-order valence-corrected chi connectivity index (χ2v) is 2.66. The van der Waals surface area contributed by atoms with Crippen LogP contribution < -0.4 is 5.73 Å². The number of hydrogen-bond acceptors (Lipinski definition) is 1. The smallest absolute Gasteiger partial charge is 0.311 e. The Labute approximate surface area is 65.5 Å². The third-order valence-corrected chi connectivity index (χ3v) is 1.82. The van der Waals surface area contributed by atoms with E-state index >= 15 is 0 Å². The van der Waals surface area contributed by atoms with Gasteiger partial charge < -0.3 is 5.73 Å². The molecule has 0 spiro atoms. The highest BCUT2D eigenvalue weighted by Gasteiger charge is 2.11. The molecule has 2 heteroatoms. The fourth-order valence-electron chi connectivity index (χ4n) is 1.25. The van der Waals surface area contributed by atoms with E-state index in [-0.39, 0.29) is 0 Å². The van der Waals surface area contributed by atoms with Crippen molar-refractivity contribution in [2.24, 2.45) is 0 Å². The summed E-state index contributed by atoms with van der Waals surface area (Å²) in [5, 5.41) is 0. The van der Waals surface area contributed by atoms with Crippen molar-refractivity contribution in [3.8, 4) is 6.07 Å². The van der Waals surface area contributed by atoms with Gasteiger partial charge in [-0.2, -0.15) is 0 Å². The zero-order valence-electron chi connectivity index (χ0n) is 6.17. The Morgan fingerprint density at radius 2 is 2.36 bits per heavy atom. The van der Waals surface area contributed by atoms with E-state index in [2.05, 4.69) is 10.9 Å². The summed E-state index contributed by atoms with van der Waals surface area (Å²) in [4.78, 5) is 4.06. The second-order valence-electron chi connectivity index (χ2n) is 2.66. The Kier molecular flexibility index (Phi) is 1.29. The standard InChI is InChI=1S/C9H8N2/c10-9-2-1-8-6-11-4-3-7(8)5-9/h1-2,5,10H,3-4H2/p+1. The molecule has 0 fully saturated rings. The van der Waals surface area contributed by atoms with Crippen LogP contribution in [0, 0.1) is 6.07 Å². The Morgan fingerprint density at radius 1 is 1.45 bits per heavy atom. The summed E-state index contributed by atoms with van der Waals surface area (Å²) < 4.78 is 0. The summed E-state index contributed by atoms with van der Waals surface area (Å²) in [5.74, 6) is 0. The fourth-order valence-corrected chi connectivity index (χ4v) is 1.25. The third-order valence-electron chi connectivity index (χ3n) is 1.82. The predicted octanol–water partition coefficient (Wildman–Crippen LogP) is 1.51. The van der Waals surface area contributed by atoms with Gasteiger partial charge in [-0.1, -0.05) is 4.85 Å². The van der Waals surface area contributed by atoms with Crippen molar-refractivity contribution in [2.45, 2.75) is 6.42 Å². The molecule has 2 rings (SSSR count). The molecule has 0 aromatic heterocycles. The quantitative estimate of drug-likeness (QED) is 0.551. The van der Waals surface area contributed by atoms with Crippen LogP contribution in [0.3, 0.4) is 0 Å². The van der Waals surface area contributed by atoms with Crippen LogP contribution in [0.15, 0.2) is 18.2 Å². The first-order chi connectivity index (χ1) is 5.36. The number of nitrogens with two attached hydrogens (primary N) is 1. The minimum Gasteiger partial charge on any atom is -0.399 e. The van der Waals surface area contributed by atoms with Gasteiger partial charge in [0, 0.05) is 5.69 Å². The van der Waals surface area contributed by atoms with Gasteiger partial charge in [0.25, 0.3) is 6.54 Å². The van der Waals surface area contributed by atoms with Gasteiger partial charge in [0.2, 0.25) is 0 Å². The summed E-state index contributed by atoms with van der Waals surface area (Å²) in [6.07, 6.45) is 0.993. The van der Waals surface area contributed by atoms with Gasteiger partial charge in [-0.05, 0) is 23.8 Å². The zero-order valence-corrected chi connectivity index (χ0v) is 6.17. The normalized spacial score (nSPS) is 13.1. The molecule has 0 atom stereocenters. The van der Waals surface area contributed by atoms with Crippen molar-refractivity contribution in [3.63, 3.8) is 0 Å². The summed E-state index contributed by atoms with van der Waals surface area (Å²) in [5.41, 5.74) is 8.80. The van der Waals surface area contributed by atoms with Crippen LogP contribution in [0.2, 0.25) is 0 Å². The molecule has 0 amide bonds. The van der Waals surface area contributed by atoms with Crippen molar-refractivity contribution in [2.75, 3.05) is 12.3 Å². The summed E-state index contributed by atoms with van der Waals surface area (Å²) in [6, 6.07) is 8.80. The first kappa shape index (κ1) is 6.23. The minimum absolute atomic E-state index is 0.826. The van der Waals surface area contributed by atoms with Crippen LogP contribution in [0.25, 0.3) is 4.85 Å². The van der Waals surface area contributed by atoms with Gasteiger partial charge in [0.05, 0.1) is 6.42 Å². The van der Waals surface area contributed by atoms with Crippen molar-refractivity contribution < 1.29 is 0 Å². The molecule has 2 nitrogen and oxygen atoms in total. The number of benzene rings is 1. The molecule has 1 aromatic carbocycles. The topological polar surface area (TPSA) is 30.4 Å². The summed E-state index contributed by atoms with van der Waals surface area (Å²) in [7, 11) is 0. The van der Waals surface area contributed by atoms with Gasteiger partial charge in [0.15, 0.2) is 0 Å². The molecule has 11 heavy (non-hydrogen) atoms. The highest BCUT2D eigenvalue weighted by Crippen LogP contribution is 2.15. The fraction of sp³-hybridized carbons (Fsp3) is 0.222. The molecule has 0 aliphatic carbocycles. The number of nitrogen functional groups attached to an aromatic ring is 1. The number of anilines is 1. The summed E-state index contributed by atoms with van der Waals surface area (Å²) >= 11 is 0. The Balaban J connectivity index is 2.58. The third kappa shape index (κ3) is 1.05. The highest BCUT2D eigenvalue weighted by atomic mass is 14.7. The Morgan fingerprint density at radius 3 is 3.27 bits per heavy atom. The molecule has 0 bridgehead atoms. The molecule has 0 saturated carbocycles. The van der Waals surface area contributed by atoms with E-state index in [0.717, 1.165) is 24.2 Å². The van der Waals surface area contributed by atoms with Gasteiger partial charge in [-0.25, -0.2) is 0 Å². The van der Waals surface area contributed by atoms with E-state index in [0.29, 0.717) is 0 Å². The van der Waals surface area contributed by atoms with E-state index in [1.165, 1.54) is 5.56 Å². The lowest BCUT2D eigenvalue weighted by atomic mass is 10.0. The molecular weight excluding hydrogens is 136 g/mol. The van der Waals surface area contributed by atoms with Gasteiger partial charge in [-0.3, -0.25) is 0 Å². The van der Waals surface area contributed by atoms with Gasteiger partial charge in [0.1, 0.15) is 5.56 Å². The average Bonchev–Trinajstić information content (AvgIpc) is 2.04. The van der Waals surface area contributed by atoms with Crippen LogP contribution >= 0.6 is 0 Å². The zero-order chi connectivity index (χ0) is 7.68.